The number of fused-ring (bicyclic) bond motifs is 1. The number of rotatable bonds is 3. The Morgan fingerprint density at radius 3 is 2.43 bits per heavy atom. The number of hydrogen-bond donors (Lipinski definition) is 0. The van der Waals surface area contributed by atoms with E-state index in [0.717, 1.165) is 25.0 Å². The van der Waals surface area contributed by atoms with Gasteiger partial charge >= 0.3 is 12.3 Å². The predicted octanol–water partition coefficient (Wildman–Crippen LogP) is 5.62. The van der Waals surface area contributed by atoms with Crippen molar-refractivity contribution in [3.63, 3.8) is 0 Å². The first kappa shape index (κ1) is 19.9. The van der Waals surface area contributed by atoms with Crippen LogP contribution in [0.1, 0.15) is 29.7 Å². The van der Waals surface area contributed by atoms with E-state index in [1.54, 1.807) is 30.3 Å². The minimum Gasteiger partial charge on any atom is -0.395 e. The molecule has 8 heteroatoms. The SMILES string of the molecule is O=C(Oc1ccccc1)Oc1c(-c2cccc(C(F)(F)F)c2)nnc2c1CCCC2. The molecule has 0 aliphatic heterocycles. The van der Waals surface area contributed by atoms with E-state index in [1.165, 1.54) is 12.1 Å². The van der Waals surface area contributed by atoms with Crippen molar-refractivity contribution < 1.29 is 27.4 Å². The lowest BCUT2D eigenvalue weighted by Gasteiger charge is -2.20. The summed E-state index contributed by atoms with van der Waals surface area (Å²) in [4.78, 5) is 12.4. The second-order valence-electron chi connectivity index (χ2n) is 6.86. The van der Waals surface area contributed by atoms with Crippen molar-refractivity contribution in [2.45, 2.75) is 31.9 Å². The molecule has 3 aromatic rings. The third-order valence-electron chi connectivity index (χ3n) is 4.79. The number of ether oxygens (including phenoxy) is 2. The zero-order valence-corrected chi connectivity index (χ0v) is 15.8. The maximum atomic E-state index is 13.2. The van der Waals surface area contributed by atoms with Gasteiger partial charge in [-0.2, -0.15) is 18.3 Å². The van der Waals surface area contributed by atoms with Crippen LogP contribution in [0.5, 0.6) is 11.5 Å². The van der Waals surface area contributed by atoms with E-state index in [-0.39, 0.29) is 17.0 Å². The van der Waals surface area contributed by atoms with Gasteiger partial charge in [0.05, 0.1) is 11.3 Å². The Morgan fingerprint density at radius 1 is 0.900 bits per heavy atom. The van der Waals surface area contributed by atoms with E-state index in [4.69, 9.17) is 9.47 Å². The summed E-state index contributed by atoms with van der Waals surface area (Å²) in [5, 5.41) is 8.27. The van der Waals surface area contributed by atoms with Crippen LogP contribution < -0.4 is 9.47 Å². The molecule has 1 heterocycles. The summed E-state index contributed by atoms with van der Waals surface area (Å²) in [5.74, 6) is 0.388. The highest BCUT2D eigenvalue weighted by Crippen LogP contribution is 2.38. The molecule has 0 atom stereocenters. The van der Waals surface area contributed by atoms with Crippen molar-refractivity contribution in [2.24, 2.45) is 0 Å². The number of nitrogens with zero attached hydrogens (tertiary/aromatic N) is 2. The third-order valence-corrected chi connectivity index (χ3v) is 4.79. The van der Waals surface area contributed by atoms with Crippen molar-refractivity contribution >= 4 is 6.16 Å². The zero-order chi connectivity index (χ0) is 21.1. The Hall–Kier alpha value is -3.42. The van der Waals surface area contributed by atoms with Gasteiger partial charge in [0.1, 0.15) is 11.4 Å². The Bertz CT molecular complexity index is 1070. The molecule has 0 saturated carbocycles. The highest BCUT2D eigenvalue weighted by atomic mass is 19.4. The Kier molecular flexibility index (Phi) is 5.39. The van der Waals surface area contributed by atoms with E-state index in [0.29, 0.717) is 29.8 Å². The van der Waals surface area contributed by atoms with Crippen molar-refractivity contribution in [3.05, 3.63) is 71.4 Å². The molecule has 0 bridgehead atoms. The number of halogens is 3. The maximum absolute atomic E-state index is 13.2. The van der Waals surface area contributed by atoms with E-state index >= 15 is 0 Å². The van der Waals surface area contributed by atoms with Crippen molar-refractivity contribution in [1.29, 1.82) is 0 Å². The number of aryl methyl sites for hydroxylation is 1. The molecule has 0 spiro atoms. The summed E-state index contributed by atoms with van der Waals surface area (Å²) in [6, 6.07) is 13.1. The highest BCUT2D eigenvalue weighted by Gasteiger charge is 2.31. The standard InChI is InChI=1S/C22H17F3N2O3/c23-22(24,25)15-8-6-7-14(13-15)19-20(17-11-4-5-12-18(17)26-27-19)30-21(28)29-16-9-2-1-3-10-16/h1-3,6-10,13H,4-5,11-12H2. The van der Waals surface area contributed by atoms with Gasteiger partial charge in [-0.1, -0.05) is 30.3 Å². The minimum atomic E-state index is -4.51. The second kappa shape index (κ2) is 8.14. The quantitative estimate of drug-likeness (QED) is 0.411. The molecule has 0 N–H and O–H groups in total. The molecule has 1 aliphatic carbocycles. The molecule has 0 unspecified atom stereocenters. The summed E-state index contributed by atoms with van der Waals surface area (Å²) >= 11 is 0. The van der Waals surface area contributed by atoms with Crippen LogP contribution in [0.4, 0.5) is 18.0 Å². The van der Waals surface area contributed by atoms with Gasteiger partial charge < -0.3 is 9.47 Å². The smallest absolute Gasteiger partial charge is 0.395 e. The van der Waals surface area contributed by atoms with Crippen molar-refractivity contribution in [2.75, 3.05) is 0 Å². The van der Waals surface area contributed by atoms with E-state index in [1.807, 2.05) is 0 Å². The summed E-state index contributed by atoms with van der Waals surface area (Å²) in [6.07, 6.45) is -2.48. The number of aromatic nitrogens is 2. The highest BCUT2D eigenvalue weighted by molar-refractivity contribution is 5.75. The van der Waals surface area contributed by atoms with E-state index in [9.17, 15) is 18.0 Å². The first-order chi connectivity index (χ1) is 14.4. The molecular weight excluding hydrogens is 397 g/mol. The first-order valence-electron chi connectivity index (χ1n) is 9.42. The number of carbonyl (C=O) groups is 1. The minimum absolute atomic E-state index is 0.0757. The van der Waals surface area contributed by atoms with Crippen LogP contribution in [0.15, 0.2) is 54.6 Å². The molecule has 1 aliphatic rings. The third kappa shape index (κ3) is 4.27. The average molecular weight is 414 g/mol. The van der Waals surface area contributed by atoms with Gasteiger partial charge in [-0.15, -0.1) is 5.10 Å². The largest absolute Gasteiger partial charge is 0.519 e. The van der Waals surface area contributed by atoms with Crippen molar-refractivity contribution in [3.8, 4) is 22.8 Å². The molecule has 5 nitrogen and oxygen atoms in total. The van der Waals surface area contributed by atoms with E-state index in [2.05, 4.69) is 10.2 Å². The number of carbonyl (C=O) groups excluding carboxylic acids is 1. The Balaban J connectivity index is 1.74. The topological polar surface area (TPSA) is 61.3 Å². The summed E-state index contributed by atoms with van der Waals surface area (Å²) in [5.41, 5.74) is 0.769. The van der Waals surface area contributed by atoms with Crippen LogP contribution >= 0.6 is 0 Å². The van der Waals surface area contributed by atoms with Crippen LogP contribution in [0, 0.1) is 0 Å². The number of benzene rings is 2. The fraction of sp³-hybridized carbons (Fsp3) is 0.227. The lowest BCUT2D eigenvalue weighted by molar-refractivity contribution is -0.137. The van der Waals surface area contributed by atoms with Gasteiger partial charge in [-0.05, 0) is 49.9 Å². The Labute approximate surface area is 170 Å². The molecule has 4 rings (SSSR count). The molecular formula is C22H17F3N2O3. The molecule has 2 aromatic carbocycles. The van der Waals surface area contributed by atoms with Gasteiger partial charge in [-0.3, -0.25) is 0 Å². The first-order valence-corrected chi connectivity index (χ1v) is 9.42. The molecule has 0 amide bonds. The maximum Gasteiger partial charge on any atom is 0.519 e. The Morgan fingerprint density at radius 2 is 1.67 bits per heavy atom. The van der Waals surface area contributed by atoms with Crippen LogP contribution in [0.2, 0.25) is 0 Å². The molecule has 0 saturated heterocycles. The monoisotopic (exact) mass is 414 g/mol. The van der Waals surface area contributed by atoms with Gasteiger partial charge in [0, 0.05) is 11.1 Å². The molecule has 30 heavy (non-hydrogen) atoms. The fourth-order valence-electron chi connectivity index (χ4n) is 3.37. The average Bonchev–Trinajstić information content (AvgIpc) is 2.74. The predicted molar refractivity (Wildman–Crippen MR) is 102 cm³/mol. The van der Waals surface area contributed by atoms with Crippen LogP contribution in [0.25, 0.3) is 11.3 Å². The van der Waals surface area contributed by atoms with Crippen LogP contribution in [0.3, 0.4) is 0 Å². The lowest BCUT2D eigenvalue weighted by Crippen LogP contribution is -2.18. The fourth-order valence-corrected chi connectivity index (χ4v) is 3.37. The second-order valence-corrected chi connectivity index (χ2v) is 6.86. The molecule has 0 fully saturated rings. The van der Waals surface area contributed by atoms with Crippen LogP contribution in [-0.4, -0.2) is 16.4 Å². The normalized spacial score (nSPS) is 13.4. The summed E-state index contributed by atoms with van der Waals surface area (Å²) in [6.45, 7) is 0. The summed E-state index contributed by atoms with van der Waals surface area (Å²) in [7, 11) is 0. The zero-order valence-electron chi connectivity index (χ0n) is 15.8. The summed E-state index contributed by atoms with van der Waals surface area (Å²) < 4.78 is 50.2. The number of para-hydroxylation sites is 1. The molecule has 154 valence electrons. The lowest BCUT2D eigenvalue weighted by atomic mass is 9.94. The van der Waals surface area contributed by atoms with Gasteiger partial charge in [0.15, 0.2) is 5.75 Å². The van der Waals surface area contributed by atoms with Crippen molar-refractivity contribution in [1.82, 2.24) is 10.2 Å². The van der Waals surface area contributed by atoms with Gasteiger partial charge in [-0.25, -0.2) is 4.79 Å². The number of hydrogen-bond acceptors (Lipinski definition) is 5. The molecule has 0 radical (unpaired) electrons. The number of alkyl halides is 3. The van der Waals surface area contributed by atoms with E-state index < -0.39 is 17.9 Å². The van der Waals surface area contributed by atoms with Crippen LogP contribution in [-0.2, 0) is 19.0 Å². The van der Waals surface area contributed by atoms with Gasteiger partial charge in [0.25, 0.3) is 0 Å². The molecule has 1 aromatic heterocycles. The van der Waals surface area contributed by atoms with Gasteiger partial charge in [0.2, 0.25) is 0 Å².